The molecule has 0 fully saturated rings. The standard InChI is InChI=1S/C69H130O6/c1-4-7-10-13-16-19-22-25-27-29-31-33-34-35-36-37-39-40-42-44-47-50-53-56-59-62-68(71)74-65-66(64-73-67(70)61-58-55-52-49-46-24-21-18-15-12-9-6-3)75-69(72)63-60-57-54-51-48-45-43-41-38-32-30-28-26-23-20-17-14-11-8-5-2/h18,21,29,31,66H,4-17,19-20,22-28,30,32-65H2,1-3H3/b21-18-,31-29-. The van der Waals surface area contributed by atoms with E-state index in [-0.39, 0.29) is 31.1 Å². The monoisotopic (exact) mass is 1050 g/mol. The summed E-state index contributed by atoms with van der Waals surface area (Å²) in [6.07, 6.45) is 77.7. The van der Waals surface area contributed by atoms with Crippen LogP contribution in [0.4, 0.5) is 0 Å². The van der Waals surface area contributed by atoms with Gasteiger partial charge < -0.3 is 14.2 Å². The molecule has 0 aromatic rings. The Bertz CT molecular complexity index is 1210. The molecule has 0 radical (unpaired) electrons. The van der Waals surface area contributed by atoms with Crippen LogP contribution in [-0.4, -0.2) is 37.2 Å². The first-order chi connectivity index (χ1) is 37.0. The fraction of sp³-hybridized carbons (Fsp3) is 0.899. The zero-order chi connectivity index (χ0) is 54.3. The summed E-state index contributed by atoms with van der Waals surface area (Å²) in [5, 5.41) is 0. The van der Waals surface area contributed by atoms with Crippen LogP contribution < -0.4 is 0 Å². The normalized spacial score (nSPS) is 12.1. The third-order valence-electron chi connectivity index (χ3n) is 15.4. The number of esters is 3. The molecule has 0 aliphatic carbocycles. The van der Waals surface area contributed by atoms with Gasteiger partial charge in [-0.25, -0.2) is 0 Å². The van der Waals surface area contributed by atoms with Gasteiger partial charge in [-0.3, -0.25) is 14.4 Å². The maximum atomic E-state index is 12.9. The highest BCUT2D eigenvalue weighted by molar-refractivity contribution is 5.71. The number of rotatable bonds is 63. The van der Waals surface area contributed by atoms with E-state index in [1.54, 1.807) is 0 Å². The van der Waals surface area contributed by atoms with Crippen LogP contribution in [0.3, 0.4) is 0 Å². The minimum Gasteiger partial charge on any atom is -0.462 e. The second-order valence-corrected chi connectivity index (χ2v) is 23.1. The maximum absolute atomic E-state index is 12.9. The van der Waals surface area contributed by atoms with E-state index in [0.29, 0.717) is 19.3 Å². The van der Waals surface area contributed by atoms with E-state index in [0.717, 1.165) is 64.2 Å². The largest absolute Gasteiger partial charge is 0.462 e. The van der Waals surface area contributed by atoms with Gasteiger partial charge in [-0.15, -0.1) is 0 Å². The predicted molar refractivity (Wildman–Crippen MR) is 326 cm³/mol. The molecule has 0 N–H and O–H groups in total. The van der Waals surface area contributed by atoms with Crippen molar-refractivity contribution in [2.45, 2.75) is 386 Å². The van der Waals surface area contributed by atoms with Gasteiger partial charge in [-0.05, 0) is 70.6 Å². The quantitative estimate of drug-likeness (QED) is 0.0261. The molecular weight excluding hydrogens is 925 g/mol. The van der Waals surface area contributed by atoms with Crippen molar-refractivity contribution in [1.29, 1.82) is 0 Å². The molecular formula is C69H130O6. The van der Waals surface area contributed by atoms with E-state index in [1.165, 1.54) is 276 Å². The van der Waals surface area contributed by atoms with Crippen LogP contribution in [0.25, 0.3) is 0 Å². The minimum atomic E-state index is -0.771. The molecule has 0 saturated heterocycles. The molecule has 0 aliphatic heterocycles. The lowest BCUT2D eigenvalue weighted by Crippen LogP contribution is -2.30. The van der Waals surface area contributed by atoms with E-state index in [2.05, 4.69) is 45.1 Å². The summed E-state index contributed by atoms with van der Waals surface area (Å²) in [5.74, 6) is -0.850. The van der Waals surface area contributed by atoms with Crippen LogP contribution in [0.5, 0.6) is 0 Å². The van der Waals surface area contributed by atoms with Crippen molar-refractivity contribution in [3.63, 3.8) is 0 Å². The highest BCUT2D eigenvalue weighted by atomic mass is 16.6. The first-order valence-electron chi connectivity index (χ1n) is 33.8. The molecule has 442 valence electrons. The molecule has 0 amide bonds. The smallest absolute Gasteiger partial charge is 0.306 e. The first kappa shape index (κ1) is 72.9. The van der Waals surface area contributed by atoms with Crippen molar-refractivity contribution in [2.75, 3.05) is 13.2 Å². The summed E-state index contributed by atoms with van der Waals surface area (Å²) in [6.45, 7) is 6.68. The fourth-order valence-electron chi connectivity index (χ4n) is 10.3. The van der Waals surface area contributed by atoms with Gasteiger partial charge >= 0.3 is 17.9 Å². The van der Waals surface area contributed by atoms with Crippen molar-refractivity contribution in [3.8, 4) is 0 Å². The van der Waals surface area contributed by atoms with Gasteiger partial charge in [-0.1, -0.05) is 315 Å². The van der Waals surface area contributed by atoms with Crippen molar-refractivity contribution in [2.24, 2.45) is 0 Å². The van der Waals surface area contributed by atoms with E-state index < -0.39 is 6.10 Å². The number of ether oxygens (including phenoxy) is 3. The molecule has 0 aromatic heterocycles. The minimum absolute atomic E-state index is 0.0685. The maximum Gasteiger partial charge on any atom is 0.306 e. The van der Waals surface area contributed by atoms with Crippen molar-refractivity contribution in [3.05, 3.63) is 24.3 Å². The SMILES string of the molecule is CCCCC/C=C\CCCCCCCC(=O)OCC(COC(=O)CCCCCCCCCCCCCCC/C=C\CCCCCCCCCC)OC(=O)CCCCCCCCCCCCCCCCCCCCCC. The van der Waals surface area contributed by atoms with Gasteiger partial charge in [0.25, 0.3) is 0 Å². The molecule has 0 spiro atoms. The lowest BCUT2D eigenvalue weighted by molar-refractivity contribution is -0.167. The summed E-state index contributed by atoms with van der Waals surface area (Å²) in [5.41, 5.74) is 0. The topological polar surface area (TPSA) is 78.9 Å². The molecule has 0 bridgehead atoms. The lowest BCUT2D eigenvalue weighted by Gasteiger charge is -2.18. The van der Waals surface area contributed by atoms with Gasteiger partial charge in [0.15, 0.2) is 6.10 Å². The Balaban J connectivity index is 4.21. The molecule has 0 aliphatic rings. The molecule has 6 nitrogen and oxygen atoms in total. The Morgan fingerprint density at radius 3 is 0.693 bits per heavy atom. The number of unbranched alkanes of at least 4 members (excludes halogenated alkanes) is 48. The molecule has 6 heteroatoms. The van der Waals surface area contributed by atoms with Gasteiger partial charge in [0.1, 0.15) is 13.2 Å². The zero-order valence-electron chi connectivity index (χ0n) is 50.8. The first-order valence-corrected chi connectivity index (χ1v) is 33.8. The Morgan fingerprint density at radius 2 is 0.440 bits per heavy atom. The number of allylic oxidation sites excluding steroid dienone is 4. The third kappa shape index (κ3) is 62.6. The van der Waals surface area contributed by atoms with Crippen LogP contribution in [0, 0.1) is 0 Å². The predicted octanol–water partition coefficient (Wildman–Crippen LogP) is 23.0. The third-order valence-corrected chi connectivity index (χ3v) is 15.4. The fourth-order valence-corrected chi connectivity index (χ4v) is 10.3. The summed E-state index contributed by atoms with van der Waals surface area (Å²) in [6, 6.07) is 0. The number of carbonyl (C=O) groups is 3. The number of carbonyl (C=O) groups excluding carboxylic acids is 3. The number of hydrogen-bond donors (Lipinski definition) is 0. The summed E-state index contributed by atoms with van der Waals surface area (Å²) in [7, 11) is 0. The second-order valence-electron chi connectivity index (χ2n) is 23.1. The molecule has 1 unspecified atom stereocenters. The molecule has 0 rings (SSSR count). The molecule has 75 heavy (non-hydrogen) atoms. The van der Waals surface area contributed by atoms with Crippen LogP contribution >= 0.6 is 0 Å². The van der Waals surface area contributed by atoms with E-state index in [1.807, 2.05) is 0 Å². The molecule has 0 heterocycles. The Labute approximate surface area is 468 Å². The van der Waals surface area contributed by atoms with Crippen LogP contribution in [0.1, 0.15) is 380 Å². The van der Waals surface area contributed by atoms with Crippen LogP contribution in [0.15, 0.2) is 24.3 Å². The van der Waals surface area contributed by atoms with Crippen molar-refractivity contribution >= 4 is 17.9 Å². The van der Waals surface area contributed by atoms with Gasteiger partial charge in [-0.2, -0.15) is 0 Å². The molecule has 0 aromatic carbocycles. The van der Waals surface area contributed by atoms with Crippen molar-refractivity contribution < 1.29 is 28.6 Å². The highest BCUT2D eigenvalue weighted by Gasteiger charge is 2.19. The zero-order valence-corrected chi connectivity index (χ0v) is 50.8. The van der Waals surface area contributed by atoms with E-state index in [4.69, 9.17) is 14.2 Å². The van der Waals surface area contributed by atoms with E-state index in [9.17, 15) is 14.4 Å². The summed E-state index contributed by atoms with van der Waals surface area (Å²) < 4.78 is 17.0. The Hall–Kier alpha value is -2.11. The van der Waals surface area contributed by atoms with E-state index >= 15 is 0 Å². The average Bonchev–Trinajstić information content (AvgIpc) is 3.41. The number of hydrogen-bond acceptors (Lipinski definition) is 6. The Morgan fingerprint density at radius 1 is 0.253 bits per heavy atom. The molecule has 1 atom stereocenters. The van der Waals surface area contributed by atoms with Gasteiger partial charge in [0.2, 0.25) is 0 Å². The van der Waals surface area contributed by atoms with Crippen molar-refractivity contribution in [1.82, 2.24) is 0 Å². The summed E-state index contributed by atoms with van der Waals surface area (Å²) >= 11 is 0. The lowest BCUT2D eigenvalue weighted by atomic mass is 10.0. The highest BCUT2D eigenvalue weighted by Crippen LogP contribution is 2.18. The Kier molecular flexibility index (Phi) is 62.6. The molecule has 0 saturated carbocycles. The average molecular weight is 1060 g/mol. The van der Waals surface area contributed by atoms with Gasteiger partial charge in [0.05, 0.1) is 0 Å². The second kappa shape index (κ2) is 64.4. The van der Waals surface area contributed by atoms with Crippen LogP contribution in [-0.2, 0) is 28.6 Å². The summed E-state index contributed by atoms with van der Waals surface area (Å²) in [4.78, 5) is 38.3. The van der Waals surface area contributed by atoms with Gasteiger partial charge in [0, 0.05) is 19.3 Å². The van der Waals surface area contributed by atoms with Crippen LogP contribution in [0.2, 0.25) is 0 Å².